The van der Waals surface area contributed by atoms with Crippen molar-refractivity contribution < 1.29 is 32.1 Å². The minimum atomic E-state index is -3.48. The zero-order valence-corrected chi connectivity index (χ0v) is 30.3. The van der Waals surface area contributed by atoms with Crippen LogP contribution in [0.15, 0.2) is 53.5 Å². The molecule has 1 aromatic carbocycles. The summed E-state index contributed by atoms with van der Waals surface area (Å²) in [4.78, 5) is 0.399. The second-order valence-electron chi connectivity index (χ2n) is 14.9. The van der Waals surface area contributed by atoms with Crippen LogP contribution in [0.4, 0.5) is 0 Å². The lowest BCUT2D eigenvalue weighted by molar-refractivity contribution is -0.0752. The van der Waals surface area contributed by atoms with Gasteiger partial charge in [-0.25, -0.2) is 8.42 Å². The molecule has 0 amide bonds. The summed E-state index contributed by atoms with van der Waals surface area (Å²) in [5.74, 6) is 0.940. The Balaban J connectivity index is 1.22. The van der Waals surface area contributed by atoms with Crippen LogP contribution < -0.4 is 0 Å². The summed E-state index contributed by atoms with van der Waals surface area (Å²) in [5, 5.41) is 0. The summed E-state index contributed by atoms with van der Waals surface area (Å²) in [6, 6.07) is 7.39. The number of ether oxygens (including phenoxy) is 5. The fraction of sp³-hybridized carbons (Fsp3) is 0.744. The lowest BCUT2D eigenvalue weighted by Crippen LogP contribution is -2.38. The number of benzene rings is 1. The van der Waals surface area contributed by atoms with Crippen molar-refractivity contribution in [2.45, 2.75) is 147 Å². The van der Waals surface area contributed by atoms with E-state index in [1.165, 1.54) is 5.57 Å². The van der Waals surface area contributed by atoms with E-state index in [9.17, 15) is 8.42 Å². The number of hydrogen-bond acceptors (Lipinski definition) is 7. The lowest BCUT2D eigenvalue weighted by Gasteiger charge is -2.38. The van der Waals surface area contributed by atoms with Crippen molar-refractivity contribution in [3.05, 3.63) is 54.1 Å². The van der Waals surface area contributed by atoms with Crippen LogP contribution in [0.1, 0.15) is 98.0 Å². The number of hydrogen-bond donors (Lipinski definition) is 0. The smallest absolute Gasteiger partial charge is 0.178 e. The third-order valence-electron chi connectivity index (χ3n) is 11.5. The maximum atomic E-state index is 13.8. The number of aryl methyl sites for hydroxylation is 1. The Labute approximate surface area is 284 Å². The molecule has 0 bridgehead atoms. The van der Waals surface area contributed by atoms with Crippen molar-refractivity contribution in [3.8, 4) is 0 Å². The molecule has 4 aliphatic rings. The molecule has 4 fully saturated rings. The molecule has 0 N–H and O–H groups in total. The van der Waals surface area contributed by atoms with Gasteiger partial charge in [-0.05, 0) is 91.5 Å². The van der Waals surface area contributed by atoms with Gasteiger partial charge in [0.1, 0.15) is 0 Å². The molecule has 0 spiro atoms. The number of rotatable bonds is 15. The van der Waals surface area contributed by atoms with Gasteiger partial charge in [0.05, 0.1) is 60.5 Å². The van der Waals surface area contributed by atoms with E-state index in [0.717, 1.165) is 68.9 Å². The molecule has 0 aliphatic carbocycles. The van der Waals surface area contributed by atoms with Gasteiger partial charge in [0.25, 0.3) is 0 Å². The largest absolute Gasteiger partial charge is 0.374 e. The average molecular weight is 673 g/mol. The van der Waals surface area contributed by atoms with Crippen molar-refractivity contribution in [2.75, 3.05) is 19.0 Å². The van der Waals surface area contributed by atoms with Gasteiger partial charge < -0.3 is 23.7 Å². The van der Waals surface area contributed by atoms with Gasteiger partial charge in [-0.3, -0.25) is 0 Å². The van der Waals surface area contributed by atoms with Gasteiger partial charge in [0.2, 0.25) is 0 Å². The first-order valence-electron chi connectivity index (χ1n) is 18.3. The van der Waals surface area contributed by atoms with Crippen LogP contribution in [0.25, 0.3) is 0 Å². The Morgan fingerprint density at radius 1 is 0.872 bits per heavy atom. The Bertz CT molecular complexity index is 1290. The molecule has 47 heavy (non-hydrogen) atoms. The molecule has 10 atom stereocenters. The van der Waals surface area contributed by atoms with Gasteiger partial charge in [0, 0.05) is 18.8 Å². The summed E-state index contributed by atoms with van der Waals surface area (Å²) >= 11 is 0. The van der Waals surface area contributed by atoms with Gasteiger partial charge in [-0.2, -0.15) is 0 Å². The zero-order chi connectivity index (χ0) is 33.7. The molecular weight excluding hydrogens is 612 g/mol. The fourth-order valence-corrected chi connectivity index (χ4v) is 9.75. The van der Waals surface area contributed by atoms with Crippen molar-refractivity contribution in [3.63, 3.8) is 0 Å². The van der Waals surface area contributed by atoms with Crippen molar-refractivity contribution in [1.29, 1.82) is 0 Å². The minimum absolute atomic E-state index is 0.0351. The summed E-state index contributed by atoms with van der Waals surface area (Å²) in [6.45, 7) is 21.1. The van der Waals surface area contributed by atoms with E-state index in [1.54, 1.807) is 12.1 Å². The Morgan fingerprint density at radius 2 is 1.55 bits per heavy atom. The van der Waals surface area contributed by atoms with Crippen molar-refractivity contribution >= 4 is 9.84 Å². The highest BCUT2D eigenvalue weighted by molar-refractivity contribution is 7.91. The highest BCUT2D eigenvalue weighted by atomic mass is 32.2. The SMILES string of the molecule is C=C1C[C@H](CCC2OCCO2)O[C@H]1CC[C@H]1C[C@@H](C)C(=C)[C@@H](C[C@@H]2O[C@H](C[C@H](C)CC)[C@H](C)[C@H]2CS(=O)(=O)c2ccc(CC)cc2)O1. The van der Waals surface area contributed by atoms with Crippen LogP contribution in [0, 0.1) is 23.7 Å². The highest BCUT2D eigenvalue weighted by Gasteiger charge is 2.46. The quantitative estimate of drug-likeness (QED) is 0.176. The van der Waals surface area contributed by atoms with Crippen LogP contribution in [-0.2, 0) is 39.9 Å². The maximum absolute atomic E-state index is 13.8. The molecule has 1 aromatic rings. The molecule has 4 aliphatic heterocycles. The molecule has 0 saturated carbocycles. The maximum Gasteiger partial charge on any atom is 0.178 e. The van der Waals surface area contributed by atoms with E-state index in [2.05, 4.69) is 47.8 Å². The molecule has 5 rings (SSSR count). The first kappa shape index (κ1) is 36.7. The summed E-state index contributed by atoms with van der Waals surface area (Å²) in [5.41, 5.74) is 3.40. The van der Waals surface area contributed by atoms with E-state index in [4.69, 9.17) is 23.7 Å². The van der Waals surface area contributed by atoms with E-state index >= 15 is 0 Å². The van der Waals surface area contributed by atoms with E-state index in [0.29, 0.717) is 36.4 Å². The molecule has 0 aromatic heterocycles. The third-order valence-corrected chi connectivity index (χ3v) is 13.3. The average Bonchev–Trinajstić information content (AvgIpc) is 3.77. The standard InChI is InChI=1S/C39H60O7S/c1-8-25(3)20-36-29(7)34(24-47(40,41)33-14-10-30(9-2)11-15-33)38(46-36)23-37-28(6)26(4)21-31(45-37)12-16-35-27(5)22-32(44-35)13-17-39-42-18-19-43-39/h10-11,14-15,25-26,29,31-32,34-39H,5-6,8-9,12-13,16-24H2,1-4,7H3/t25-,26-,29-,31+,32+,34-,35+,36-,37-,38+/m1/s1. The van der Waals surface area contributed by atoms with Crippen molar-refractivity contribution in [1.82, 2.24) is 0 Å². The van der Waals surface area contributed by atoms with Crippen LogP contribution >= 0.6 is 0 Å². The van der Waals surface area contributed by atoms with Gasteiger partial charge in [-0.1, -0.05) is 66.3 Å². The Kier molecular flexibility index (Phi) is 12.8. The van der Waals surface area contributed by atoms with Crippen molar-refractivity contribution in [2.24, 2.45) is 23.7 Å². The lowest BCUT2D eigenvalue weighted by atomic mass is 9.81. The summed E-state index contributed by atoms with van der Waals surface area (Å²) in [6.07, 6.45) is 8.77. The molecule has 8 heteroatoms. The highest BCUT2D eigenvalue weighted by Crippen LogP contribution is 2.43. The Hall–Kier alpha value is -1.55. The molecule has 0 radical (unpaired) electrons. The zero-order valence-electron chi connectivity index (χ0n) is 29.5. The molecule has 4 heterocycles. The molecule has 0 unspecified atom stereocenters. The Morgan fingerprint density at radius 3 is 2.23 bits per heavy atom. The van der Waals surface area contributed by atoms with Gasteiger partial charge in [0.15, 0.2) is 16.1 Å². The summed E-state index contributed by atoms with van der Waals surface area (Å²) in [7, 11) is -3.48. The molecular formula is C39H60O7S. The fourth-order valence-electron chi connectivity index (χ4n) is 7.99. The van der Waals surface area contributed by atoms with Gasteiger partial charge in [-0.15, -0.1) is 0 Å². The van der Waals surface area contributed by atoms with Crippen LogP contribution in [0.3, 0.4) is 0 Å². The third kappa shape index (κ3) is 9.37. The predicted molar refractivity (Wildman–Crippen MR) is 186 cm³/mol. The first-order valence-corrected chi connectivity index (χ1v) is 20.0. The minimum Gasteiger partial charge on any atom is -0.374 e. The van der Waals surface area contributed by atoms with E-state index < -0.39 is 9.84 Å². The molecule has 7 nitrogen and oxygen atoms in total. The van der Waals surface area contributed by atoms with E-state index in [-0.39, 0.29) is 60.5 Å². The predicted octanol–water partition coefficient (Wildman–Crippen LogP) is 7.87. The van der Waals surface area contributed by atoms with Crippen LogP contribution in [-0.4, -0.2) is 70.3 Å². The molecule has 264 valence electrons. The molecule has 4 saturated heterocycles. The van der Waals surface area contributed by atoms with Crippen LogP contribution in [0.2, 0.25) is 0 Å². The number of sulfone groups is 1. The second kappa shape index (κ2) is 16.4. The van der Waals surface area contributed by atoms with Gasteiger partial charge >= 0.3 is 0 Å². The normalized spacial score (nSPS) is 34.4. The van der Waals surface area contributed by atoms with E-state index in [1.807, 2.05) is 12.1 Å². The monoisotopic (exact) mass is 672 g/mol. The topological polar surface area (TPSA) is 80.3 Å². The van der Waals surface area contributed by atoms with Crippen LogP contribution in [0.5, 0.6) is 0 Å². The first-order chi connectivity index (χ1) is 22.5. The summed E-state index contributed by atoms with van der Waals surface area (Å²) < 4.78 is 58.7. The second-order valence-corrected chi connectivity index (χ2v) is 16.9.